The van der Waals surface area contributed by atoms with Crippen molar-refractivity contribution in [3.8, 4) is 0 Å². The van der Waals surface area contributed by atoms with Crippen molar-refractivity contribution < 1.29 is 9.59 Å². The van der Waals surface area contributed by atoms with Gasteiger partial charge in [0.05, 0.1) is 0 Å². The standard InChI is InChI=1S/C17H19BrN4O2/c18-13-4-1-5-14(12-13)22-11-6-15(17(22)24)16(23)19-7-2-9-21-10-3-8-20-21/h1,3-5,8,10,12,15H,2,6-7,9,11H2,(H,19,23). The molecule has 0 aliphatic carbocycles. The number of carbonyl (C=O) groups is 2. The van der Waals surface area contributed by atoms with Crippen LogP contribution in [0, 0.1) is 5.92 Å². The van der Waals surface area contributed by atoms with Gasteiger partial charge in [-0.2, -0.15) is 5.10 Å². The molecule has 1 saturated heterocycles. The highest BCUT2D eigenvalue weighted by atomic mass is 79.9. The number of hydrogen-bond acceptors (Lipinski definition) is 3. The summed E-state index contributed by atoms with van der Waals surface area (Å²) < 4.78 is 2.74. The van der Waals surface area contributed by atoms with E-state index in [1.807, 2.05) is 41.2 Å². The number of rotatable bonds is 6. The van der Waals surface area contributed by atoms with Crippen LogP contribution < -0.4 is 10.2 Å². The zero-order valence-corrected chi connectivity index (χ0v) is 14.8. The average Bonchev–Trinajstić information content (AvgIpc) is 3.21. The van der Waals surface area contributed by atoms with Gasteiger partial charge in [0.15, 0.2) is 0 Å². The van der Waals surface area contributed by atoms with Crippen molar-refractivity contribution in [3.05, 3.63) is 47.2 Å². The third-order valence-corrected chi connectivity index (χ3v) is 4.56. The summed E-state index contributed by atoms with van der Waals surface area (Å²) in [6, 6.07) is 9.44. The van der Waals surface area contributed by atoms with Crippen molar-refractivity contribution in [2.45, 2.75) is 19.4 Å². The molecule has 1 aliphatic rings. The Balaban J connectivity index is 1.50. The molecule has 0 spiro atoms. The lowest BCUT2D eigenvalue weighted by molar-refractivity contribution is -0.132. The number of halogens is 1. The first-order valence-corrected chi connectivity index (χ1v) is 8.76. The Morgan fingerprint density at radius 3 is 3.00 bits per heavy atom. The van der Waals surface area contributed by atoms with Crippen molar-refractivity contribution in [1.29, 1.82) is 0 Å². The summed E-state index contributed by atoms with van der Waals surface area (Å²) in [6.07, 6.45) is 4.95. The molecule has 24 heavy (non-hydrogen) atoms. The molecule has 3 rings (SSSR count). The molecule has 2 aromatic rings. The maximum absolute atomic E-state index is 12.5. The molecule has 0 saturated carbocycles. The molecule has 1 fully saturated rings. The van der Waals surface area contributed by atoms with Gasteiger partial charge in [0.2, 0.25) is 11.8 Å². The van der Waals surface area contributed by atoms with E-state index in [9.17, 15) is 9.59 Å². The van der Waals surface area contributed by atoms with E-state index in [2.05, 4.69) is 26.3 Å². The summed E-state index contributed by atoms with van der Waals surface area (Å²) in [4.78, 5) is 26.5. The van der Waals surface area contributed by atoms with Crippen LogP contribution in [0.1, 0.15) is 12.8 Å². The smallest absolute Gasteiger partial charge is 0.239 e. The minimum atomic E-state index is -0.589. The normalized spacial score (nSPS) is 17.3. The first-order chi connectivity index (χ1) is 11.6. The highest BCUT2D eigenvalue weighted by molar-refractivity contribution is 9.10. The topological polar surface area (TPSA) is 67.2 Å². The number of nitrogens with zero attached hydrogens (tertiary/aromatic N) is 3. The molecule has 1 N–H and O–H groups in total. The Morgan fingerprint density at radius 1 is 1.38 bits per heavy atom. The largest absolute Gasteiger partial charge is 0.355 e. The lowest BCUT2D eigenvalue weighted by Gasteiger charge is -2.17. The van der Waals surface area contributed by atoms with Gasteiger partial charge >= 0.3 is 0 Å². The monoisotopic (exact) mass is 390 g/mol. The molecular formula is C17H19BrN4O2. The third-order valence-electron chi connectivity index (χ3n) is 4.06. The summed E-state index contributed by atoms with van der Waals surface area (Å²) in [7, 11) is 0. The van der Waals surface area contributed by atoms with E-state index >= 15 is 0 Å². The zero-order chi connectivity index (χ0) is 16.9. The number of aromatic nitrogens is 2. The molecule has 0 bridgehead atoms. The minimum absolute atomic E-state index is 0.127. The fourth-order valence-corrected chi connectivity index (χ4v) is 3.22. The first-order valence-electron chi connectivity index (χ1n) is 7.97. The predicted molar refractivity (Wildman–Crippen MR) is 94.5 cm³/mol. The van der Waals surface area contributed by atoms with Gasteiger partial charge < -0.3 is 10.2 Å². The van der Waals surface area contributed by atoms with Crippen LogP contribution in [-0.4, -0.2) is 34.7 Å². The molecule has 1 unspecified atom stereocenters. The van der Waals surface area contributed by atoms with Gasteiger partial charge in [0, 0.05) is 42.2 Å². The van der Waals surface area contributed by atoms with Crippen LogP contribution in [0.25, 0.3) is 0 Å². The molecule has 1 atom stereocenters. The molecule has 0 radical (unpaired) electrons. The van der Waals surface area contributed by atoms with Gasteiger partial charge in [0.1, 0.15) is 5.92 Å². The van der Waals surface area contributed by atoms with Crippen LogP contribution in [0.15, 0.2) is 47.2 Å². The van der Waals surface area contributed by atoms with Crippen LogP contribution in [0.2, 0.25) is 0 Å². The number of nitrogens with one attached hydrogen (secondary N) is 1. The van der Waals surface area contributed by atoms with Crippen molar-refractivity contribution in [2.24, 2.45) is 5.92 Å². The van der Waals surface area contributed by atoms with Crippen LogP contribution in [-0.2, 0) is 16.1 Å². The number of aryl methyl sites for hydroxylation is 1. The van der Waals surface area contributed by atoms with Crippen molar-refractivity contribution in [3.63, 3.8) is 0 Å². The molecule has 1 aromatic heterocycles. The maximum atomic E-state index is 12.5. The number of anilines is 1. The Labute approximate surface area is 149 Å². The van der Waals surface area contributed by atoms with E-state index in [-0.39, 0.29) is 11.8 Å². The second kappa shape index (κ2) is 7.61. The highest BCUT2D eigenvalue weighted by Crippen LogP contribution is 2.27. The van der Waals surface area contributed by atoms with Gasteiger partial charge in [-0.3, -0.25) is 14.3 Å². The SMILES string of the molecule is O=C(NCCCn1cccn1)C1CCN(c2cccc(Br)c2)C1=O. The number of hydrogen-bond donors (Lipinski definition) is 1. The molecule has 126 valence electrons. The summed E-state index contributed by atoms with van der Waals surface area (Å²) in [6.45, 7) is 1.86. The summed E-state index contributed by atoms with van der Waals surface area (Å²) in [5.74, 6) is -0.899. The second-order valence-corrected chi connectivity index (χ2v) is 6.64. The molecule has 1 aliphatic heterocycles. The van der Waals surface area contributed by atoms with Crippen molar-refractivity contribution in [1.82, 2.24) is 15.1 Å². The molecular weight excluding hydrogens is 372 g/mol. The highest BCUT2D eigenvalue weighted by Gasteiger charge is 2.37. The quantitative estimate of drug-likeness (QED) is 0.607. The van der Waals surface area contributed by atoms with Crippen LogP contribution in [0.5, 0.6) is 0 Å². The Bertz CT molecular complexity index is 717. The van der Waals surface area contributed by atoms with Crippen molar-refractivity contribution in [2.75, 3.05) is 18.0 Å². The molecule has 1 aromatic carbocycles. The lowest BCUT2D eigenvalue weighted by atomic mass is 10.1. The Morgan fingerprint density at radius 2 is 2.25 bits per heavy atom. The van der Waals surface area contributed by atoms with E-state index < -0.39 is 5.92 Å². The fourth-order valence-electron chi connectivity index (χ4n) is 2.83. The summed E-state index contributed by atoms with van der Waals surface area (Å²) in [5, 5.41) is 6.98. The lowest BCUT2D eigenvalue weighted by Crippen LogP contribution is -2.37. The second-order valence-electron chi connectivity index (χ2n) is 5.72. The van der Waals surface area contributed by atoms with E-state index in [0.29, 0.717) is 19.5 Å². The third kappa shape index (κ3) is 3.84. The van der Waals surface area contributed by atoms with Gasteiger partial charge in [-0.15, -0.1) is 0 Å². The number of carbonyl (C=O) groups excluding carboxylic acids is 2. The molecule has 7 heteroatoms. The molecule has 2 amide bonds. The van der Waals surface area contributed by atoms with E-state index in [1.165, 1.54) is 0 Å². The fraction of sp³-hybridized carbons (Fsp3) is 0.353. The number of amides is 2. The molecule has 2 heterocycles. The maximum Gasteiger partial charge on any atom is 0.239 e. The molecule has 6 nitrogen and oxygen atoms in total. The predicted octanol–water partition coefficient (Wildman–Crippen LogP) is 2.20. The Hall–Kier alpha value is -2.15. The summed E-state index contributed by atoms with van der Waals surface area (Å²) in [5.41, 5.74) is 0.823. The van der Waals surface area contributed by atoms with Gasteiger partial charge in [-0.25, -0.2) is 0 Å². The van der Waals surface area contributed by atoms with Gasteiger partial charge in [-0.05, 0) is 37.1 Å². The summed E-state index contributed by atoms with van der Waals surface area (Å²) >= 11 is 3.41. The van der Waals surface area contributed by atoms with E-state index in [4.69, 9.17) is 0 Å². The zero-order valence-electron chi connectivity index (χ0n) is 13.2. The van der Waals surface area contributed by atoms with Gasteiger partial charge in [-0.1, -0.05) is 22.0 Å². The van der Waals surface area contributed by atoms with Crippen LogP contribution in [0.3, 0.4) is 0 Å². The minimum Gasteiger partial charge on any atom is -0.355 e. The van der Waals surface area contributed by atoms with E-state index in [1.54, 1.807) is 11.1 Å². The van der Waals surface area contributed by atoms with Crippen LogP contribution in [0.4, 0.5) is 5.69 Å². The van der Waals surface area contributed by atoms with Crippen molar-refractivity contribution >= 4 is 33.4 Å². The average molecular weight is 391 g/mol. The number of benzene rings is 1. The van der Waals surface area contributed by atoms with Crippen LogP contribution >= 0.6 is 15.9 Å². The van der Waals surface area contributed by atoms with Gasteiger partial charge in [0.25, 0.3) is 0 Å². The van der Waals surface area contributed by atoms with E-state index in [0.717, 1.165) is 23.1 Å². The first kappa shape index (κ1) is 16.7. The Kier molecular flexibility index (Phi) is 5.30.